The third-order valence-electron chi connectivity index (χ3n) is 11.4. The fraction of sp³-hybridized carbons (Fsp3) is 0.688. The standard InChI is InChI=1S/C32H53N10O9PS3Si2/c1-31(2,3)56(7,8)50-20-16(55-27(19(20)44)41-13-35-17-23(41)37-29(33)39-25(17)45)12-48-52(47,53)49-22-21(51-57(9,10)32(4,5)6)15(11-43)54-28(22)42-14-36-18-24(42)38-30(34)40-26(18)46/h13-16,19-22,27-28,43-44H,11-12H2,1-10H3,(H,47,53)(H3,33,37,39,45)(H3,34,38,40,46)/t15-,16-,19-,20?,21?,22-,27-,28-,52?/m1/s1. The van der Waals surface area contributed by atoms with Crippen molar-refractivity contribution in [3.05, 3.63) is 33.4 Å². The van der Waals surface area contributed by atoms with Gasteiger partial charge in [-0.3, -0.25) is 33.2 Å². The van der Waals surface area contributed by atoms with Crippen molar-refractivity contribution in [3.63, 3.8) is 0 Å². The second kappa shape index (κ2) is 15.7. The number of nitrogens with zero attached hydrogens (tertiary/aromatic N) is 6. The molecule has 2 aliphatic heterocycles. The van der Waals surface area contributed by atoms with E-state index in [-0.39, 0.29) is 57.5 Å². The van der Waals surface area contributed by atoms with E-state index in [9.17, 15) is 24.7 Å². The number of aliphatic hydroxyl groups is 2. The van der Waals surface area contributed by atoms with E-state index in [2.05, 4.69) is 97.6 Å². The molecule has 9 N–H and O–H groups in total. The Morgan fingerprint density at radius 1 is 0.825 bits per heavy atom. The fourth-order valence-corrected chi connectivity index (χ4v) is 13.6. The summed E-state index contributed by atoms with van der Waals surface area (Å²) in [4.78, 5) is 59.3. The maximum Gasteiger partial charge on any atom is 0.325 e. The number of H-pyrrole nitrogens is 2. The van der Waals surface area contributed by atoms with E-state index >= 15 is 0 Å². The topological polar surface area (TPSA) is 277 Å². The van der Waals surface area contributed by atoms with Crippen LogP contribution in [0, 0.1) is 0 Å². The summed E-state index contributed by atoms with van der Waals surface area (Å²) in [6.45, 7) is 16.1. The van der Waals surface area contributed by atoms with Crippen LogP contribution in [0.25, 0.3) is 22.3 Å². The maximum atomic E-state index is 12.7. The molecule has 0 saturated carbocycles. The van der Waals surface area contributed by atoms with Crippen molar-refractivity contribution in [2.24, 2.45) is 0 Å². The summed E-state index contributed by atoms with van der Waals surface area (Å²) < 4.78 is 29.6. The van der Waals surface area contributed by atoms with Crippen molar-refractivity contribution in [3.8, 4) is 0 Å². The Morgan fingerprint density at radius 2 is 1.28 bits per heavy atom. The lowest BCUT2D eigenvalue weighted by Gasteiger charge is -2.41. The Bertz CT molecular complexity index is 2300. The maximum absolute atomic E-state index is 12.7. The number of hydrogen-bond donors (Lipinski definition) is 7. The van der Waals surface area contributed by atoms with Crippen molar-refractivity contribution in [1.29, 1.82) is 0 Å². The molecule has 6 rings (SSSR count). The molecule has 4 aromatic heterocycles. The Hall–Kier alpha value is -2.20. The summed E-state index contributed by atoms with van der Waals surface area (Å²) in [6, 6.07) is 0. The van der Waals surface area contributed by atoms with Crippen LogP contribution in [0.2, 0.25) is 36.3 Å². The lowest BCUT2D eigenvalue weighted by Crippen LogP contribution is -2.50. The molecule has 0 spiro atoms. The van der Waals surface area contributed by atoms with Gasteiger partial charge in [0.1, 0.15) is 23.0 Å². The Labute approximate surface area is 344 Å². The molecule has 25 heteroatoms. The molecule has 316 valence electrons. The molecule has 6 heterocycles. The highest BCUT2D eigenvalue weighted by Crippen LogP contribution is 2.57. The van der Waals surface area contributed by atoms with Gasteiger partial charge in [0.05, 0.1) is 48.6 Å². The number of imidazole rings is 2. The van der Waals surface area contributed by atoms with Gasteiger partial charge in [-0.2, -0.15) is 9.97 Å². The van der Waals surface area contributed by atoms with E-state index in [0.29, 0.717) is 0 Å². The lowest BCUT2D eigenvalue weighted by molar-refractivity contribution is 0.00941. The highest BCUT2D eigenvalue weighted by Gasteiger charge is 2.54. The summed E-state index contributed by atoms with van der Waals surface area (Å²) in [7, 11) is -5.05. The first kappa shape index (κ1) is 44.4. The number of nitrogens with two attached hydrogens (primary N) is 2. The van der Waals surface area contributed by atoms with Crippen LogP contribution in [0.3, 0.4) is 0 Å². The Kier molecular flexibility index (Phi) is 12.2. The predicted octanol–water partition coefficient (Wildman–Crippen LogP) is 3.40. The zero-order valence-corrected chi connectivity index (χ0v) is 38.8. The number of thioether (sulfide) groups is 2. The molecule has 0 aliphatic carbocycles. The molecule has 0 bridgehead atoms. The van der Waals surface area contributed by atoms with E-state index in [4.69, 9.17) is 41.2 Å². The van der Waals surface area contributed by atoms with Gasteiger partial charge in [0.2, 0.25) is 11.9 Å². The third kappa shape index (κ3) is 8.70. The first-order chi connectivity index (χ1) is 26.2. The number of nitrogens with one attached hydrogen (secondary N) is 2. The number of hydrogen-bond acceptors (Lipinski definition) is 17. The minimum Gasteiger partial charge on any atom is -0.410 e. The van der Waals surface area contributed by atoms with Gasteiger partial charge in [-0.25, -0.2) is 9.97 Å². The molecule has 2 saturated heterocycles. The molecule has 0 amide bonds. The van der Waals surface area contributed by atoms with Gasteiger partial charge in [-0.05, 0) is 48.1 Å². The number of fused-ring (bicyclic) bond motifs is 2. The summed E-state index contributed by atoms with van der Waals surface area (Å²) >= 11 is 8.34. The molecular formula is C32H53N10O9PS3Si2. The highest BCUT2D eigenvalue weighted by atomic mass is 32.5. The zero-order chi connectivity index (χ0) is 42.2. The van der Waals surface area contributed by atoms with E-state index in [0.717, 1.165) is 0 Å². The lowest BCUT2D eigenvalue weighted by atomic mass is 10.1. The van der Waals surface area contributed by atoms with E-state index < -0.39 is 80.1 Å². The number of anilines is 2. The molecule has 9 atom stereocenters. The quantitative estimate of drug-likeness (QED) is 0.0793. The molecule has 0 radical (unpaired) electrons. The molecule has 0 aromatic carbocycles. The number of aliphatic hydroxyl groups excluding tert-OH is 2. The minimum absolute atomic E-state index is 0.0462. The summed E-state index contributed by atoms with van der Waals surface area (Å²) in [5.41, 5.74) is 11.2. The normalized spacial score (nSPS) is 27.5. The van der Waals surface area contributed by atoms with E-state index in [1.54, 1.807) is 9.13 Å². The van der Waals surface area contributed by atoms with Crippen LogP contribution in [-0.2, 0) is 29.7 Å². The van der Waals surface area contributed by atoms with E-state index in [1.165, 1.54) is 36.2 Å². The SMILES string of the molecule is CC(C)(C)[Si](C)(C)OC1[C@@H](O)[C@H](n2cnc3c(=O)[nH]c(N)nc32)S[C@@H]1COP(O)(=S)O[C@@H]1C(O[Si](C)(C)C(C)(C)C)[C@@H](CO)S[C@H]1n1cnc2c(=O)[nH]c(N)nc21. The predicted molar refractivity (Wildman–Crippen MR) is 231 cm³/mol. The largest absolute Gasteiger partial charge is 0.410 e. The number of nitrogen functional groups attached to an aromatic ring is 2. The average molecular weight is 905 g/mol. The second-order valence-corrected chi connectivity index (χ2v) is 32.4. The highest BCUT2D eigenvalue weighted by molar-refractivity contribution is 8.07. The number of aromatic amines is 2. The average Bonchev–Trinajstić information content (AvgIpc) is 3.83. The molecule has 19 nitrogen and oxygen atoms in total. The molecule has 2 aliphatic rings. The Morgan fingerprint density at radius 3 is 1.75 bits per heavy atom. The minimum atomic E-state index is -4.16. The first-order valence-corrected chi connectivity index (χ1v) is 28.6. The monoisotopic (exact) mass is 904 g/mol. The van der Waals surface area contributed by atoms with Crippen LogP contribution in [-0.4, -0.2) is 119 Å². The van der Waals surface area contributed by atoms with Gasteiger partial charge < -0.3 is 39.9 Å². The van der Waals surface area contributed by atoms with Crippen LogP contribution in [0.1, 0.15) is 52.3 Å². The van der Waals surface area contributed by atoms with Crippen LogP contribution < -0.4 is 22.6 Å². The van der Waals surface area contributed by atoms with Crippen molar-refractivity contribution < 1.29 is 33.0 Å². The van der Waals surface area contributed by atoms with Crippen molar-refractivity contribution in [2.75, 3.05) is 24.7 Å². The van der Waals surface area contributed by atoms with Crippen LogP contribution >= 0.6 is 30.2 Å². The number of rotatable bonds is 12. The smallest absolute Gasteiger partial charge is 0.325 e. The zero-order valence-electron chi connectivity index (χ0n) is 33.5. The summed E-state index contributed by atoms with van der Waals surface area (Å²) in [5.74, 6) is -0.215. The van der Waals surface area contributed by atoms with Gasteiger partial charge in [0.25, 0.3) is 11.1 Å². The van der Waals surface area contributed by atoms with Gasteiger partial charge in [-0.15, -0.1) is 23.5 Å². The first-order valence-electron chi connectivity index (χ1n) is 18.3. The fourth-order valence-electron chi connectivity index (χ4n) is 6.21. The van der Waals surface area contributed by atoms with Gasteiger partial charge in [0, 0.05) is 0 Å². The van der Waals surface area contributed by atoms with Crippen LogP contribution in [0.15, 0.2) is 22.2 Å². The second-order valence-electron chi connectivity index (χ2n) is 17.4. The van der Waals surface area contributed by atoms with Crippen molar-refractivity contribution >= 4 is 92.9 Å². The summed E-state index contributed by atoms with van der Waals surface area (Å²) in [6.07, 6.45) is -0.870. The molecular weight excluding hydrogens is 852 g/mol. The van der Waals surface area contributed by atoms with E-state index in [1.807, 2.05) is 0 Å². The van der Waals surface area contributed by atoms with Crippen molar-refractivity contribution in [2.45, 2.75) is 123 Å². The third-order valence-corrected chi connectivity index (χ3v) is 24.9. The number of aromatic nitrogens is 8. The molecule has 2 fully saturated rings. The van der Waals surface area contributed by atoms with Gasteiger partial charge >= 0.3 is 6.72 Å². The van der Waals surface area contributed by atoms with Crippen molar-refractivity contribution in [1.82, 2.24) is 39.0 Å². The van der Waals surface area contributed by atoms with Gasteiger partial charge in [-0.1, -0.05) is 41.5 Å². The molecule has 3 unspecified atom stereocenters. The Balaban J connectivity index is 1.33. The van der Waals surface area contributed by atoms with Crippen LogP contribution in [0.4, 0.5) is 11.9 Å². The van der Waals surface area contributed by atoms with Gasteiger partial charge in [0.15, 0.2) is 39.0 Å². The molecule has 57 heavy (non-hydrogen) atoms. The molecule has 4 aromatic rings. The van der Waals surface area contributed by atoms with Crippen LogP contribution in [0.5, 0.6) is 0 Å². The summed E-state index contributed by atoms with van der Waals surface area (Å²) in [5, 5.41) is 19.6.